The van der Waals surface area contributed by atoms with Gasteiger partial charge in [-0.2, -0.15) is 11.8 Å². The standard InChI is InChI=1S/C14H20N2OS/c1-11-9-16(8-7-15-11)14(17)13-5-3-12(4-6-13)10-18-2/h3-6,11,15H,7-10H2,1-2H3/t11-/m1/s1. The zero-order chi connectivity index (χ0) is 13.0. The molecule has 0 aromatic heterocycles. The molecule has 1 aromatic rings. The summed E-state index contributed by atoms with van der Waals surface area (Å²) in [4.78, 5) is 14.2. The Hall–Kier alpha value is -1.00. The van der Waals surface area contributed by atoms with Crippen molar-refractivity contribution in [2.45, 2.75) is 18.7 Å². The number of nitrogens with zero attached hydrogens (tertiary/aromatic N) is 1. The third-order valence-corrected chi connectivity index (χ3v) is 3.79. The number of piperazine rings is 1. The summed E-state index contributed by atoms with van der Waals surface area (Å²) >= 11 is 1.79. The summed E-state index contributed by atoms with van der Waals surface area (Å²) in [5.74, 6) is 1.15. The summed E-state index contributed by atoms with van der Waals surface area (Å²) in [6.07, 6.45) is 2.08. The van der Waals surface area contributed by atoms with Gasteiger partial charge in [0.1, 0.15) is 0 Å². The first-order valence-electron chi connectivity index (χ1n) is 6.31. The molecule has 1 aliphatic rings. The van der Waals surface area contributed by atoms with Crippen molar-refractivity contribution in [3.05, 3.63) is 35.4 Å². The maximum absolute atomic E-state index is 12.3. The van der Waals surface area contributed by atoms with Gasteiger partial charge in [0.15, 0.2) is 0 Å². The Kier molecular flexibility index (Phi) is 4.66. The van der Waals surface area contributed by atoms with E-state index in [1.165, 1.54) is 5.56 Å². The van der Waals surface area contributed by atoms with Crippen molar-refractivity contribution in [3.63, 3.8) is 0 Å². The molecule has 1 fully saturated rings. The van der Waals surface area contributed by atoms with Gasteiger partial charge in [0, 0.05) is 37.0 Å². The van der Waals surface area contributed by atoms with Crippen LogP contribution in [-0.4, -0.2) is 42.7 Å². The third-order valence-electron chi connectivity index (χ3n) is 3.17. The molecule has 4 heteroatoms. The first kappa shape index (κ1) is 13.4. The average Bonchev–Trinajstić information content (AvgIpc) is 2.39. The Morgan fingerprint density at radius 2 is 2.17 bits per heavy atom. The number of amides is 1. The molecule has 1 heterocycles. The molecule has 1 saturated heterocycles. The van der Waals surface area contributed by atoms with Crippen LogP contribution in [0.1, 0.15) is 22.8 Å². The molecular weight excluding hydrogens is 244 g/mol. The minimum atomic E-state index is 0.152. The molecule has 0 spiro atoms. The van der Waals surface area contributed by atoms with Gasteiger partial charge < -0.3 is 10.2 Å². The summed E-state index contributed by atoms with van der Waals surface area (Å²) in [6, 6.07) is 8.38. The molecule has 1 aromatic carbocycles. The molecule has 1 aliphatic heterocycles. The Morgan fingerprint density at radius 3 is 2.78 bits per heavy atom. The summed E-state index contributed by atoms with van der Waals surface area (Å²) in [7, 11) is 0. The first-order chi connectivity index (χ1) is 8.70. The van der Waals surface area contributed by atoms with E-state index < -0.39 is 0 Å². The predicted octanol–water partition coefficient (Wildman–Crippen LogP) is 1.98. The van der Waals surface area contributed by atoms with E-state index in [0.717, 1.165) is 31.0 Å². The number of rotatable bonds is 3. The minimum absolute atomic E-state index is 0.152. The quantitative estimate of drug-likeness (QED) is 0.906. The number of carbonyl (C=O) groups excluding carboxylic acids is 1. The Morgan fingerprint density at radius 1 is 1.44 bits per heavy atom. The minimum Gasteiger partial charge on any atom is -0.336 e. The third kappa shape index (κ3) is 3.27. The average molecular weight is 264 g/mol. The molecule has 18 heavy (non-hydrogen) atoms. The molecule has 0 unspecified atom stereocenters. The van der Waals surface area contributed by atoms with Crippen molar-refractivity contribution in [1.29, 1.82) is 0 Å². The lowest BCUT2D eigenvalue weighted by molar-refractivity contribution is 0.0709. The molecule has 0 bridgehead atoms. The number of nitrogens with one attached hydrogen (secondary N) is 1. The zero-order valence-corrected chi connectivity index (χ0v) is 11.8. The second kappa shape index (κ2) is 6.25. The summed E-state index contributed by atoms with van der Waals surface area (Å²) in [5, 5.41) is 3.35. The van der Waals surface area contributed by atoms with E-state index in [1.807, 2.05) is 17.0 Å². The normalized spacial score (nSPS) is 19.9. The highest BCUT2D eigenvalue weighted by atomic mass is 32.2. The van der Waals surface area contributed by atoms with E-state index in [4.69, 9.17) is 0 Å². The van der Waals surface area contributed by atoms with Gasteiger partial charge in [0.25, 0.3) is 5.91 Å². The number of benzene rings is 1. The monoisotopic (exact) mass is 264 g/mol. The van der Waals surface area contributed by atoms with Crippen molar-refractivity contribution in [3.8, 4) is 0 Å². The lowest BCUT2D eigenvalue weighted by Crippen LogP contribution is -2.51. The van der Waals surface area contributed by atoms with Gasteiger partial charge in [0.05, 0.1) is 0 Å². The van der Waals surface area contributed by atoms with Crippen LogP contribution < -0.4 is 5.32 Å². The molecule has 2 rings (SSSR count). The van der Waals surface area contributed by atoms with Crippen LogP contribution in [0.3, 0.4) is 0 Å². The summed E-state index contributed by atoms with van der Waals surface area (Å²) in [6.45, 7) is 4.60. The fraction of sp³-hybridized carbons (Fsp3) is 0.500. The molecule has 3 nitrogen and oxygen atoms in total. The highest BCUT2D eigenvalue weighted by Gasteiger charge is 2.21. The van der Waals surface area contributed by atoms with Gasteiger partial charge in [-0.1, -0.05) is 12.1 Å². The van der Waals surface area contributed by atoms with Crippen LogP contribution in [0.5, 0.6) is 0 Å². The van der Waals surface area contributed by atoms with Gasteiger partial charge in [-0.25, -0.2) is 0 Å². The van der Waals surface area contributed by atoms with E-state index in [9.17, 15) is 4.79 Å². The van der Waals surface area contributed by atoms with Crippen LogP contribution >= 0.6 is 11.8 Å². The number of carbonyl (C=O) groups is 1. The fourth-order valence-corrected chi connectivity index (χ4v) is 2.74. The highest BCUT2D eigenvalue weighted by Crippen LogP contribution is 2.13. The van der Waals surface area contributed by atoms with Gasteiger partial charge >= 0.3 is 0 Å². The van der Waals surface area contributed by atoms with Crippen molar-refractivity contribution in [2.24, 2.45) is 0 Å². The van der Waals surface area contributed by atoms with Crippen molar-refractivity contribution >= 4 is 17.7 Å². The molecule has 0 saturated carbocycles. The maximum atomic E-state index is 12.3. The van der Waals surface area contributed by atoms with E-state index in [2.05, 4.69) is 30.6 Å². The highest BCUT2D eigenvalue weighted by molar-refractivity contribution is 7.97. The molecule has 98 valence electrons. The van der Waals surface area contributed by atoms with Gasteiger partial charge in [-0.05, 0) is 30.9 Å². The number of thioether (sulfide) groups is 1. The second-order valence-corrected chi connectivity index (χ2v) is 5.60. The predicted molar refractivity (Wildman–Crippen MR) is 77.0 cm³/mol. The molecule has 1 amide bonds. The van der Waals surface area contributed by atoms with E-state index in [1.54, 1.807) is 11.8 Å². The molecule has 1 N–H and O–H groups in total. The largest absolute Gasteiger partial charge is 0.336 e. The van der Waals surface area contributed by atoms with Crippen molar-refractivity contribution in [2.75, 3.05) is 25.9 Å². The van der Waals surface area contributed by atoms with Crippen LogP contribution in [0.4, 0.5) is 0 Å². The Labute approximate surface area is 113 Å². The van der Waals surface area contributed by atoms with Crippen molar-refractivity contribution in [1.82, 2.24) is 10.2 Å². The van der Waals surface area contributed by atoms with Crippen LogP contribution in [0.2, 0.25) is 0 Å². The summed E-state index contributed by atoms with van der Waals surface area (Å²) in [5.41, 5.74) is 2.07. The smallest absolute Gasteiger partial charge is 0.253 e. The van der Waals surface area contributed by atoms with Gasteiger partial charge in [-0.15, -0.1) is 0 Å². The van der Waals surface area contributed by atoms with E-state index >= 15 is 0 Å². The van der Waals surface area contributed by atoms with Crippen LogP contribution in [0, 0.1) is 0 Å². The maximum Gasteiger partial charge on any atom is 0.253 e. The van der Waals surface area contributed by atoms with Crippen LogP contribution in [0.25, 0.3) is 0 Å². The zero-order valence-electron chi connectivity index (χ0n) is 11.0. The Bertz CT molecular complexity index is 405. The molecule has 1 atom stereocenters. The number of hydrogen-bond donors (Lipinski definition) is 1. The topological polar surface area (TPSA) is 32.3 Å². The van der Waals surface area contributed by atoms with Crippen molar-refractivity contribution < 1.29 is 4.79 Å². The fourth-order valence-electron chi connectivity index (χ4n) is 2.21. The summed E-state index contributed by atoms with van der Waals surface area (Å²) < 4.78 is 0. The lowest BCUT2D eigenvalue weighted by atomic mass is 10.1. The SMILES string of the molecule is CSCc1ccc(C(=O)N2CCN[C@H](C)C2)cc1. The lowest BCUT2D eigenvalue weighted by Gasteiger charge is -2.32. The first-order valence-corrected chi connectivity index (χ1v) is 7.70. The second-order valence-electron chi connectivity index (χ2n) is 4.74. The molecule has 0 radical (unpaired) electrons. The van der Waals surface area contributed by atoms with Gasteiger partial charge in [0.2, 0.25) is 0 Å². The molecule has 0 aliphatic carbocycles. The Balaban J connectivity index is 2.03. The van der Waals surface area contributed by atoms with E-state index in [-0.39, 0.29) is 5.91 Å². The van der Waals surface area contributed by atoms with Crippen LogP contribution in [-0.2, 0) is 5.75 Å². The van der Waals surface area contributed by atoms with Crippen LogP contribution in [0.15, 0.2) is 24.3 Å². The number of hydrogen-bond acceptors (Lipinski definition) is 3. The van der Waals surface area contributed by atoms with Gasteiger partial charge in [-0.3, -0.25) is 4.79 Å². The molecular formula is C14H20N2OS. The van der Waals surface area contributed by atoms with E-state index in [0.29, 0.717) is 6.04 Å².